The summed E-state index contributed by atoms with van der Waals surface area (Å²) >= 11 is 0. The molecule has 1 aliphatic heterocycles. The zero-order valence-electron chi connectivity index (χ0n) is 7.85. The second kappa shape index (κ2) is 2.71. The van der Waals surface area contributed by atoms with Gasteiger partial charge in [0.1, 0.15) is 11.9 Å². The van der Waals surface area contributed by atoms with Gasteiger partial charge in [-0.2, -0.15) is 5.26 Å². The smallest absolute Gasteiger partial charge is 0.128 e. The van der Waals surface area contributed by atoms with Crippen molar-refractivity contribution >= 4 is 5.82 Å². The Labute approximate surface area is 83.0 Å². The van der Waals surface area contributed by atoms with Gasteiger partial charge >= 0.3 is 0 Å². The molecule has 1 aromatic heterocycles. The molecule has 3 nitrogen and oxygen atoms in total. The van der Waals surface area contributed by atoms with E-state index in [9.17, 15) is 0 Å². The Hall–Kier alpha value is -1.56. The number of fused-ring (bicyclic) bond motifs is 1. The molecule has 14 heavy (non-hydrogen) atoms. The number of piperidine rings is 1. The van der Waals surface area contributed by atoms with Gasteiger partial charge in [-0.05, 0) is 30.4 Å². The van der Waals surface area contributed by atoms with Crippen LogP contribution in [0, 0.1) is 23.2 Å². The average molecular weight is 185 g/mol. The summed E-state index contributed by atoms with van der Waals surface area (Å²) in [6.07, 6.45) is 3.06. The van der Waals surface area contributed by atoms with Gasteiger partial charge in [-0.15, -0.1) is 0 Å². The third kappa shape index (κ3) is 1.15. The number of anilines is 1. The normalized spacial score (nSPS) is 28.4. The summed E-state index contributed by atoms with van der Waals surface area (Å²) in [6, 6.07) is 5.87. The highest BCUT2D eigenvalue weighted by molar-refractivity contribution is 5.44. The summed E-state index contributed by atoms with van der Waals surface area (Å²) in [4.78, 5) is 6.61. The van der Waals surface area contributed by atoms with Crippen LogP contribution < -0.4 is 4.90 Å². The average Bonchev–Trinajstić information content (AvgIpc) is 2.86. The first-order valence-corrected chi connectivity index (χ1v) is 4.98. The molecule has 2 atom stereocenters. The number of hydrogen-bond acceptors (Lipinski definition) is 3. The Bertz CT molecular complexity index is 380. The van der Waals surface area contributed by atoms with Crippen LogP contribution in [0.4, 0.5) is 5.82 Å². The fourth-order valence-corrected chi connectivity index (χ4v) is 2.22. The summed E-state index contributed by atoms with van der Waals surface area (Å²) in [5.41, 5.74) is 0.637. The molecule has 0 bridgehead atoms. The van der Waals surface area contributed by atoms with Gasteiger partial charge in [-0.1, -0.05) is 0 Å². The molecule has 0 aromatic carbocycles. The molecule has 2 fully saturated rings. The third-order valence-corrected chi connectivity index (χ3v) is 3.18. The molecule has 70 valence electrons. The van der Waals surface area contributed by atoms with E-state index in [1.165, 1.54) is 6.42 Å². The third-order valence-electron chi connectivity index (χ3n) is 3.18. The predicted octanol–water partition coefficient (Wildman–Crippen LogP) is 1.41. The summed E-state index contributed by atoms with van der Waals surface area (Å²) in [6.45, 7) is 2.31. The van der Waals surface area contributed by atoms with E-state index in [4.69, 9.17) is 5.26 Å². The topological polar surface area (TPSA) is 39.9 Å². The van der Waals surface area contributed by atoms with Gasteiger partial charge in [0.2, 0.25) is 0 Å². The van der Waals surface area contributed by atoms with E-state index in [0.29, 0.717) is 5.56 Å². The Kier molecular flexibility index (Phi) is 1.51. The van der Waals surface area contributed by atoms with E-state index >= 15 is 0 Å². The number of aromatic nitrogens is 1. The monoisotopic (exact) mass is 185 g/mol. The molecular formula is C11H11N3. The Balaban J connectivity index is 1.80. The maximum absolute atomic E-state index is 8.64. The van der Waals surface area contributed by atoms with Crippen LogP contribution >= 0.6 is 0 Å². The summed E-state index contributed by atoms with van der Waals surface area (Å²) in [5.74, 6) is 2.87. The lowest BCUT2D eigenvalue weighted by molar-refractivity contribution is 0.805. The number of rotatable bonds is 1. The lowest BCUT2D eigenvalue weighted by Crippen LogP contribution is -2.22. The number of nitrogens with zero attached hydrogens (tertiary/aromatic N) is 3. The molecule has 2 aliphatic rings. The van der Waals surface area contributed by atoms with Crippen molar-refractivity contribution in [1.82, 2.24) is 4.98 Å². The Morgan fingerprint density at radius 2 is 2.14 bits per heavy atom. The standard InChI is InChI=1S/C11H11N3/c12-4-8-1-2-11(13-5-8)14-6-9-3-10(9)7-14/h1-2,5,9-10H,3,6-7H2. The first kappa shape index (κ1) is 7.81. The molecule has 2 unspecified atom stereocenters. The minimum Gasteiger partial charge on any atom is -0.356 e. The second-order valence-electron chi connectivity index (χ2n) is 4.18. The van der Waals surface area contributed by atoms with Crippen LogP contribution in [0.25, 0.3) is 0 Å². The highest BCUT2D eigenvalue weighted by Crippen LogP contribution is 2.45. The van der Waals surface area contributed by atoms with Crippen molar-refractivity contribution in [3.63, 3.8) is 0 Å². The van der Waals surface area contributed by atoms with Crippen LogP contribution in [0.15, 0.2) is 18.3 Å². The van der Waals surface area contributed by atoms with Gasteiger partial charge in [0.25, 0.3) is 0 Å². The minimum absolute atomic E-state index is 0.637. The van der Waals surface area contributed by atoms with Crippen molar-refractivity contribution in [3.05, 3.63) is 23.9 Å². The highest BCUT2D eigenvalue weighted by Gasteiger charge is 2.45. The fraction of sp³-hybridized carbons (Fsp3) is 0.455. The number of hydrogen-bond donors (Lipinski definition) is 0. The molecule has 3 rings (SSSR count). The molecule has 1 saturated carbocycles. The van der Waals surface area contributed by atoms with Gasteiger partial charge < -0.3 is 4.90 Å². The van der Waals surface area contributed by atoms with Gasteiger partial charge in [-0.3, -0.25) is 0 Å². The maximum Gasteiger partial charge on any atom is 0.128 e. The van der Waals surface area contributed by atoms with Crippen molar-refractivity contribution in [2.45, 2.75) is 6.42 Å². The summed E-state index contributed by atoms with van der Waals surface area (Å²) in [7, 11) is 0. The molecular weight excluding hydrogens is 174 g/mol. The van der Waals surface area contributed by atoms with E-state index in [0.717, 1.165) is 30.7 Å². The van der Waals surface area contributed by atoms with E-state index < -0.39 is 0 Å². The first-order chi connectivity index (χ1) is 6.86. The number of nitriles is 1. The largest absolute Gasteiger partial charge is 0.356 e. The van der Waals surface area contributed by atoms with Gasteiger partial charge in [0.15, 0.2) is 0 Å². The molecule has 1 aliphatic carbocycles. The summed E-state index contributed by atoms with van der Waals surface area (Å²) < 4.78 is 0. The van der Waals surface area contributed by atoms with Crippen molar-refractivity contribution in [2.75, 3.05) is 18.0 Å². The van der Waals surface area contributed by atoms with Gasteiger partial charge in [0, 0.05) is 19.3 Å². The molecule has 0 radical (unpaired) electrons. The van der Waals surface area contributed by atoms with Crippen molar-refractivity contribution in [1.29, 1.82) is 5.26 Å². The van der Waals surface area contributed by atoms with E-state index in [-0.39, 0.29) is 0 Å². The molecule has 1 aromatic rings. The van der Waals surface area contributed by atoms with Crippen molar-refractivity contribution in [3.8, 4) is 6.07 Å². The molecule has 0 amide bonds. The number of pyridine rings is 1. The molecule has 0 N–H and O–H groups in total. The zero-order chi connectivity index (χ0) is 9.54. The summed E-state index contributed by atoms with van der Waals surface area (Å²) in [5, 5.41) is 8.64. The Morgan fingerprint density at radius 1 is 1.36 bits per heavy atom. The van der Waals surface area contributed by atoms with Crippen molar-refractivity contribution in [2.24, 2.45) is 11.8 Å². The zero-order valence-corrected chi connectivity index (χ0v) is 7.85. The van der Waals surface area contributed by atoms with Crippen LogP contribution in [0.2, 0.25) is 0 Å². The highest BCUT2D eigenvalue weighted by atomic mass is 15.2. The lowest BCUT2D eigenvalue weighted by atomic mass is 10.3. The molecule has 0 spiro atoms. The maximum atomic E-state index is 8.64. The van der Waals surface area contributed by atoms with E-state index in [1.54, 1.807) is 6.20 Å². The van der Waals surface area contributed by atoms with Gasteiger partial charge in [-0.25, -0.2) is 4.98 Å². The minimum atomic E-state index is 0.637. The van der Waals surface area contributed by atoms with Crippen LogP contribution in [-0.4, -0.2) is 18.1 Å². The predicted molar refractivity (Wildman–Crippen MR) is 52.8 cm³/mol. The van der Waals surface area contributed by atoms with Crippen LogP contribution in [0.5, 0.6) is 0 Å². The van der Waals surface area contributed by atoms with Crippen LogP contribution in [0.1, 0.15) is 12.0 Å². The molecule has 2 heterocycles. The lowest BCUT2D eigenvalue weighted by Gasteiger charge is -2.18. The molecule has 3 heteroatoms. The van der Waals surface area contributed by atoms with Crippen molar-refractivity contribution < 1.29 is 0 Å². The Morgan fingerprint density at radius 3 is 2.71 bits per heavy atom. The van der Waals surface area contributed by atoms with Crippen LogP contribution in [0.3, 0.4) is 0 Å². The first-order valence-electron chi connectivity index (χ1n) is 4.98. The fourth-order valence-electron chi connectivity index (χ4n) is 2.22. The van der Waals surface area contributed by atoms with Crippen LogP contribution in [-0.2, 0) is 0 Å². The SMILES string of the molecule is N#Cc1ccc(N2CC3CC3C2)nc1. The van der Waals surface area contributed by atoms with Gasteiger partial charge in [0.05, 0.1) is 5.56 Å². The van der Waals surface area contributed by atoms with E-state index in [1.807, 2.05) is 12.1 Å². The quantitative estimate of drug-likeness (QED) is 0.664. The van der Waals surface area contributed by atoms with E-state index in [2.05, 4.69) is 16.0 Å². The second-order valence-corrected chi connectivity index (χ2v) is 4.18. The molecule has 1 saturated heterocycles.